The van der Waals surface area contributed by atoms with Gasteiger partial charge in [-0.25, -0.2) is 0 Å². The van der Waals surface area contributed by atoms with E-state index in [4.69, 9.17) is 16.3 Å². The van der Waals surface area contributed by atoms with Gasteiger partial charge in [0.15, 0.2) is 0 Å². The average molecular weight is 415 g/mol. The molecular weight excluding hydrogens is 384 g/mol. The van der Waals surface area contributed by atoms with Gasteiger partial charge in [-0.3, -0.25) is 9.69 Å². The average Bonchev–Trinajstić information content (AvgIpc) is 2.74. The molecule has 1 aliphatic rings. The van der Waals surface area contributed by atoms with E-state index in [1.54, 1.807) is 0 Å². The van der Waals surface area contributed by atoms with Crippen molar-refractivity contribution in [2.45, 2.75) is 39.2 Å². The Morgan fingerprint density at radius 1 is 1.10 bits per heavy atom. The summed E-state index contributed by atoms with van der Waals surface area (Å²) in [6, 6.07) is 16.1. The highest BCUT2D eigenvalue weighted by atomic mass is 35.5. The highest BCUT2D eigenvalue weighted by Gasteiger charge is 2.24. The van der Waals surface area contributed by atoms with Crippen molar-refractivity contribution in [3.63, 3.8) is 0 Å². The van der Waals surface area contributed by atoms with Crippen LogP contribution in [-0.2, 0) is 17.8 Å². The van der Waals surface area contributed by atoms with Gasteiger partial charge in [0.05, 0.1) is 6.61 Å². The summed E-state index contributed by atoms with van der Waals surface area (Å²) in [5.74, 6) is 1.26. The molecule has 0 unspecified atom stereocenters. The molecule has 29 heavy (non-hydrogen) atoms. The Bertz CT molecular complexity index is 788. The van der Waals surface area contributed by atoms with Crippen LogP contribution < -0.4 is 10.1 Å². The van der Waals surface area contributed by atoms with E-state index in [0.29, 0.717) is 13.2 Å². The highest BCUT2D eigenvalue weighted by Crippen LogP contribution is 2.23. The van der Waals surface area contributed by atoms with Crippen molar-refractivity contribution in [1.29, 1.82) is 0 Å². The fourth-order valence-corrected chi connectivity index (χ4v) is 4.06. The van der Waals surface area contributed by atoms with Gasteiger partial charge < -0.3 is 10.1 Å². The Kier molecular flexibility index (Phi) is 8.38. The number of hydrogen-bond acceptors (Lipinski definition) is 3. The summed E-state index contributed by atoms with van der Waals surface area (Å²) in [6.07, 6.45) is 3.64. The number of nitrogens with one attached hydrogen (secondary N) is 1. The zero-order valence-corrected chi connectivity index (χ0v) is 18.0. The molecular formula is C24H31ClN2O2. The van der Waals surface area contributed by atoms with Crippen LogP contribution in [0, 0.1) is 5.92 Å². The lowest BCUT2D eigenvalue weighted by atomic mass is 9.95. The summed E-state index contributed by atoms with van der Waals surface area (Å²) in [4.78, 5) is 14.9. The summed E-state index contributed by atoms with van der Waals surface area (Å²) in [7, 11) is 0. The fraction of sp³-hybridized carbons (Fsp3) is 0.458. The maximum atomic E-state index is 12.5. The summed E-state index contributed by atoms with van der Waals surface area (Å²) in [6.45, 7) is 6.10. The molecule has 1 N–H and O–H groups in total. The second-order valence-corrected chi connectivity index (χ2v) is 7.98. The molecule has 4 nitrogen and oxygen atoms in total. The molecule has 0 bridgehead atoms. The quantitative estimate of drug-likeness (QED) is 0.604. The van der Waals surface area contributed by atoms with Crippen molar-refractivity contribution >= 4 is 17.5 Å². The summed E-state index contributed by atoms with van der Waals surface area (Å²) in [5.41, 5.74) is 2.36. The predicted octanol–water partition coefficient (Wildman–Crippen LogP) is 4.70. The van der Waals surface area contributed by atoms with E-state index >= 15 is 0 Å². The minimum absolute atomic E-state index is 0.119. The van der Waals surface area contributed by atoms with Crippen molar-refractivity contribution < 1.29 is 9.53 Å². The number of piperidine rings is 1. The molecule has 0 aromatic heterocycles. The van der Waals surface area contributed by atoms with Gasteiger partial charge in [0.25, 0.3) is 0 Å². The third-order valence-electron chi connectivity index (χ3n) is 5.50. The molecule has 3 rings (SSSR count). The molecule has 5 heteroatoms. The van der Waals surface area contributed by atoms with E-state index in [1.165, 1.54) is 5.56 Å². The zero-order chi connectivity index (χ0) is 20.5. The first-order valence-corrected chi connectivity index (χ1v) is 11.0. The minimum Gasteiger partial charge on any atom is -0.494 e. The van der Waals surface area contributed by atoms with Crippen LogP contribution in [0.3, 0.4) is 0 Å². The monoisotopic (exact) mass is 414 g/mol. The molecule has 0 aliphatic carbocycles. The standard InChI is InChI=1S/C24H31ClN2O2/c1-2-29-23-12-6-4-8-19(23)10-7-15-26-24(28)20-13-16-27(17-14-20)18-21-9-3-5-11-22(21)25/h3-6,8-9,11-12,20H,2,7,10,13-18H2,1H3,(H,26,28). The molecule has 0 radical (unpaired) electrons. The van der Waals surface area contributed by atoms with Crippen LogP contribution in [0.25, 0.3) is 0 Å². The molecule has 156 valence electrons. The number of halogens is 1. The number of nitrogens with zero attached hydrogens (tertiary/aromatic N) is 1. The lowest BCUT2D eigenvalue weighted by Gasteiger charge is -2.31. The number of carbonyl (C=O) groups excluding carboxylic acids is 1. The number of ether oxygens (including phenoxy) is 1. The lowest BCUT2D eigenvalue weighted by Crippen LogP contribution is -2.40. The van der Waals surface area contributed by atoms with E-state index in [2.05, 4.69) is 22.3 Å². The van der Waals surface area contributed by atoms with Gasteiger partial charge in [-0.1, -0.05) is 48.0 Å². The normalized spacial score (nSPS) is 15.2. The fourth-order valence-electron chi connectivity index (χ4n) is 3.86. The van der Waals surface area contributed by atoms with Crippen molar-refractivity contribution in [2.75, 3.05) is 26.2 Å². The SMILES string of the molecule is CCOc1ccccc1CCCNC(=O)C1CCN(Cc2ccccc2Cl)CC1. The Hall–Kier alpha value is -2.04. The van der Waals surface area contributed by atoms with Crippen LogP contribution in [0.2, 0.25) is 5.02 Å². The second kappa shape index (κ2) is 11.2. The third kappa shape index (κ3) is 6.48. The number of benzene rings is 2. The van der Waals surface area contributed by atoms with Crippen molar-refractivity contribution in [3.05, 3.63) is 64.7 Å². The number of carbonyl (C=O) groups is 1. The van der Waals surface area contributed by atoms with Crippen LogP contribution in [0.1, 0.15) is 37.3 Å². The molecule has 2 aromatic rings. The van der Waals surface area contributed by atoms with E-state index in [9.17, 15) is 4.79 Å². The largest absolute Gasteiger partial charge is 0.494 e. The van der Waals surface area contributed by atoms with E-state index in [0.717, 1.165) is 61.7 Å². The van der Waals surface area contributed by atoms with E-state index in [1.807, 2.05) is 43.3 Å². The van der Waals surface area contributed by atoms with Crippen LogP contribution in [0.4, 0.5) is 0 Å². The van der Waals surface area contributed by atoms with Gasteiger partial charge in [-0.2, -0.15) is 0 Å². The van der Waals surface area contributed by atoms with Crippen molar-refractivity contribution in [2.24, 2.45) is 5.92 Å². The summed E-state index contributed by atoms with van der Waals surface area (Å²) in [5, 5.41) is 3.95. The first-order valence-electron chi connectivity index (χ1n) is 10.6. The molecule has 1 heterocycles. The first kappa shape index (κ1) is 21.7. The number of rotatable bonds is 9. The van der Waals surface area contributed by atoms with Gasteiger partial charge in [0.2, 0.25) is 5.91 Å². The smallest absolute Gasteiger partial charge is 0.223 e. The summed E-state index contributed by atoms with van der Waals surface area (Å²) < 4.78 is 5.67. The third-order valence-corrected chi connectivity index (χ3v) is 5.87. The van der Waals surface area contributed by atoms with E-state index in [-0.39, 0.29) is 11.8 Å². The highest BCUT2D eigenvalue weighted by molar-refractivity contribution is 6.31. The number of para-hydroxylation sites is 1. The Morgan fingerprint density at radius 2 is 1.79 bits per heavy atom. The minimum atomic E-state index is 0.119. The zero-order valence-electron chi connectivity index (χ0n) is 17.2. The Labute approximate surface area is 179 Å². The molecule has 1 amide bonds. The molecule has 1 saturated heterocycles. The van der Waals surface area contributed by atoms with Crippen molar-refractivity contribution in [1.82, 2.24) is 10.2 Å². The number of amides is 1. The van der Waals surface area contributed by atoms with Gasteiger partial charge in [0.1, 0.15) is 5.75 Å². The predicted molar refractivity (Wildman–Crippen MR) is 118 cm³/mol. The van der Waals surface area contributed by atoms with Gasteiger partial charge >= 0.3 is 0 Å². The lowest BCUT2D eigenvalue weighted by molar-refractivity contribution is -0.126. The molecule has 2 aromatic carbocycles. The summed E-state index contributed by atoms with van der Waals surface area (Å²) >= 11 is 6.27. The molecule has 1 aliphatic heterocycles. The molecule has 0 atom stereocenters. The topological polar surface area (TPSA) is 41.6 Å². The Morgan fingerprint density at radius 3 is 2.52 bits per heavy atom. The number of likely N-dealkylation sites (tertiary alicyclic amines) is 1. The molecule has 0 saturated carbocycles. The van der Waals surface area contributed by atoms with E-state index < -0.39 is 0 Å². The van der Waals surface area contributed by atoms with Gasteiger partial charge in [-0.05, 0) is 69.0 Å². The molecule has 0 spiro atoms. The van der Waals surface area contributed by atoms with Crippen LogP contribution in [0.15, 0.2) is 48.5 Å². The van der Waals surface area contributed by atoms with Crippen LogP contribution in [-0.4, -0.2) is 37.0 Å². The second-order valence-electron chi connectivity index (χ2n) is 7.58. The van der Waals surface area contributed by atoms with Gasteiger partial charge in [-0.15, -0.1) is 0 Å². The van der Waals surface area contributed by atoms with Gasteiger partial charge in [0, 0.05) is 24.0 Å². The maximum Gasteiger partial charge on any atom is 0.223 e. The number of hydrogen-bond donors (Lipinski definition) is 1. The maximum absolute atomic E-state index is 12.5. The van der Waals surface area contributed by atoms with Crippen LogP contribution in [0.5, 0.6) is 5.75 Å². The van der Waals surface area contributed by atoms with Crippen LogP contribution >= 0.6 is 11.6 Å². The number of aryl methyl sites for hydroxylation is 1. The first-order chi connectivity index (χ1) is 14.2. The molecule has 1 fully saturated rings. The van der Waals surface area contributed by atoms with Crippen molar-refractivity contribution in [3.8, 4) is 5.75 Å². The Balaban J connectivity index is 1.36.